The molecule has 0 spiro atoms. The van der Waals surface area contributed by atoms with Crippen LogP contribution in [0.5, 0.6) is 34.5 Å². The predicted octanol–water partition coefficient (Wildman–Crippen LogP) is 15.8. The van der Waals surface area contributed by atoms with Gasteiger partial charge in [0, 0.05) is 170 Å². The number of rotatable bonds is 22. The Kier molecular flexibility index (Phi) is 23.3. The molecule has 0 saturated heterocycles. The molecule has 7 aliphatic heterocycles. The summed E-state index contributed by atoms with van der Waals surface area (Å²) in [6.45, 7) is 11.0. The average Bonchev–Trinajstić information content (AvgIpc) is 1.13. The second-order valence-corrected chi connectivity index (χ2v) is 32.5. The number of aromatic nitrogens is 1. The highest BCUT2D eigenvalue weighted by molar-refractivity contribution is 8.14. The number of hydrogen-bond donors (Lipinski definition) is 9. The molecule has 0 saturated carbocycles. The Balaban J connectivity index is 0.000000179. The number of thiazole rings is 1. The molecule has 2 aliphatic carbocycles. The number of amidine groups is 2. The van der Waals surface area contributed by atoms with Crippen LogP contribution in [-0.4, -0.2) is 167 Å². The number of nitrogens with one attached hydrogen (secondary N) is 3. The summed E-state index contributed by atoms with van der Waals surface area (Å²) in [4.78, 5) is 79.4. The minimum atomic E-state index is -1.16. The van der Waals surface area contributed by atoms with Crippen molar-refractivity contribution in [3.05, 3.63) is 219 Å². The molecule has 17 rings (SSSR count). The summed E-state index contributed by atoms with van der Waals surface area (Å²) in [6, 6.07) is 38.8. The molecule has 9 heterocycles. The van der Waals surface area contributed by atoms with Gasteiger partial charge in [0.1, 0.15) is 63.2 Å². The summed E-state index contributed by atoms with van der Waals surface area (Å²) in [6.07, 6.45) is 10.9. The van der Waals surface area contributed by atoms with E-state index in [2.05, 4.69) is 35.3 Å². The van der Waals surface area contributed by atoms with Gasteiger partial charge in [0.25, 0.3) is 0 Å². The molecule has 610 valence electrons. The number of phenolic OH excluding ortho intramolecular Hbond substituents is 2. The van der Waals surface area contributed by atoms with Crippen LogP contribution in [0.4, 0.5) is 11.4 Å². The van der Waals surface area contributed by atoms with Crippen molar-refractivity contribution in [1.82, 2.24) is 24.6 Å². The maximum atomic E-state index is 12.9. The molecule has 0 bridgehead atoms. The molecular weight excluding hydrogens is 1630 g/mol. The van der Waals surface area contributed by atoms with E-state index in [1.165, 1.54) is 95.7 Å². The van der Waals surface area contributed by atoms with Crippen LogP contribution >= 0.6 is 59.3 Å². The Morgan fingerprint density at radius 1 is 0.642 bits per heavy atom. The highest BCUT2D eigenvalue weighted by Crippen LogP contribution is 2.50. The molecule has 3 atom stereocenters. The zero-order chi connectivity index (χ0) is 83.7. The number of aromatic hydroxyl groups is 2. The second kappa shape index (κ2) is 34.6. The third kappa shape index (κ3) is 16.6. The number of allylic oxidation sites excluding steroid dienone is 2. The van der Waals surface area contributed by atoms with Gasteiger partial charge >= 0.3 is 11.9 Å². The monoisotopic (exact) mass is 1700 g/mol. The molecule has 9 aliphatic rings. The maximum Gasteiger partial charge on any atom is 0.336 e. The summed E-state index contributed by atoms with van der Waals surface area (Å²) in [5, 5.41) is 62.1. The first-order valence-electron chi connectivity index (χ1n) is 38.1. The molecule has 6 aromatic carbocycles. The fraction of sp³-hybridized carbons (Fsp3) is 0.207. The topological polar surface area (TPSA) is 388 Å². The minimum Gasteiger partial charge on any atom is -0.508 e. The first kappa shape index (κ1) is 80.9. The fourth-order valence-corrected chi connectivity index (χ4v) is 18.8. The number of aliphatic imine (C=N–C) groups is 3. The number of nitrogens with zero attached hydrogens (tertiary/aromatic N) is 8. The van der Waals surface area contributed by atoms with E-state index in [0.717, 1.165) is 47.7 Å². The number of carboxylic acid groups (broad SMARTS) is 2. The third-order valence-electron chi connectivity index (χ3n) is 20.6. The Hall–Kier alpha value is -12.9. The molecule has 8 aromatic rings. The third-order valence-corrected chi connectivity index (χ3v) is 24.2. The lowest BCUT2D eigenvalue weighted by Crippen LogP contribution is -2.42. The number of benzene rings is 8. The van der Waals surface area contributed by atoms with E-state index in [9.17, 15) is 39.6 Å². The van der Waals surface area contributed by atoms with E-state index in [-0.39, 0.29) is 89.3 Å². The fourth-order valence-electron chi connectivity index (χ4n) is 15.0. The number of thioether (sulfide) groups is 2. The Bertz CT molecular complexity index is 6050. The van der Waals surface area contributed by atoms with Crippen molar-refractivity contribution in [2.45, 2.75) is 80.7 Å². The SMILES string of the molecule is CC(C)N(CCCN1C(Sc2cc3c(cc2-c2nccs2)OCO3)=NC(CN)/C1=C\C=N)C(=S)Nc1ccc(-c2c3ccc(=O)cc-3oc3cc(O)ccc23)c(C(=O)O)c1.CC(C)N(CCCN1C2=CC=NC(N)C2N=C1Sc1cc2c(cc1-c1ccco1)OCO2)C(=S)Nc1ccc(-c2c3ccc(=O)cc-3oc3cc(O)ccc23)c(C(=O)O)c1. The molecule has 11 N–H and O–H groups in total. The lowest BCUT2D eigenvalue weighted by molar-refractivity contribution is 0.0687. The van der Waals surface area contributed by atoms with Crippen LogP contribution in [0.1, 0.15) is 61.3 Å². The second-order valence-electron chi connectivity index (χ2n) is 28.8. The zero-order valence-electron chi connectivity index (χ0n) is 64.7. The summed E-state index contributed by atoms with van der Waals surface area (Å²) in [7, 11) is 0. The number of ether oxygens (including phenoxy) is 4. The van der Waals surface area contributed by atoms with Gasteiger partial charge in [0.2, 0.25) is 13.6 Å². The van der Waals surface area contributed by atoms with Crippen molar-refractivity contribution in [2.24, 2.45) is 26.4 Å². The summed E-state index contributed by atoms with van der Waals surface area (Å²) in [5.74, 6) is 1.44. The van der Waals surface area contributed by atoms with Crippen molar-refractivity contribution < 1.29 is 62.2 Å². The van der Waals surface area contributed by atoms with Gasteiger partial charge in [-0.2, -0.15) is 0 Å². The van der Waals surface area contributed by atoms with Gasteiger partial charge in [-0.1, -0.05) is 35.7 Å². The van der Waals surface area contributed by atoms with Crippen molar-refractivity contribution in [2.75, 3.05) is 56.9 Å². The number of anilines is 2. The van der Waals surface area contributed by atoms with Crippen LogP contribution in [0.15, 0.2) is 235 Å². The quantitative estimate of drug-likeness (QED) is 0.0173. The van der Waals surface area contributed by atoms with Crippen molar-refractivity contribution in [3.8, 4) is 101 Å². The van der Waals surface area contributed by atoms with Gasteiger partial charge in [-0.25, -0.2) is 19.6 Å². The normalized spacial score (nSPS) is 15.9. The van der Waals surface area contributed by atoms with Gasteiger partial charge in [-0.05, 0) is 197 Å². The molecule has 3 unspecified atom stereocenters. The molecular formula is C87H77N13O15S5. The number of phenols is 2. The molecule has 0 fully saturated rings. The largest absolute Gasteiger partial charge is 0.508 e. The molecule has 120 heavy (non-hydrogen) atoms. The van der Waals surface area contributed by atoms with E-state index in [1.54, 1.807) is 79.3 Å². The summed E-state index contributed by atoms with van der Waals surface area (Å²) in [5.41, 5.74) is 20.3. The smallest absolute Gasteiger partial charge is 0.336 e. The highest BCUT2D eigenvalue weighted by Gasteiger charge is 2.39. The summed E-state index contributed by atoms with van der Waals surface area (Å²) < 4.78 is 40.6. The van der Waals surface area contributed by atoms with Gasteiger partial charge < -0.3 is 99.7 Å². The maximum absolute atomic E-state index is 12.9. The van der Waals surface area contributed by atoms with E-state index in [1.807, 2.05) is 80.4 Å². The van der Waals surface area contributed by atoms with Crippen LogP contribution in [0, 0.1) is 5.41 Å². The number of furan rings is 1. The molecule has 33 heteroatoms. The molecule has 2 aromatic heterocycles. The first-order valence-corrected chi connectivity index (χ1v) is 41.4. The van der Waals surface area contributed by atoms with Crippen LogP contribution in [0.25, 0.3) is 88.7 Å². The predicted molar refractivity (Wildman–Crippen MR) is 474 cm³/mol. The number of fused-ring (bicyclic) bond motifs is 7. The number of dihydropyridines is 1. The first-order chi connectivity index (χ1) is 58.0. The average molecular weight is 1700 g/mol. The van der Waals surface area contributed by atoms with Gasteiger partial charge in [-0.15, -0.1) is 11.3 Å². The van der Waals surface area contributed by atoms with E-state index >= 15 is 0 Å². The Labute approximate surface area is 709 Å². The zero-order valence-corrected chi connectivity index (χ0v) is 68.8. The number of aromatic carboxylic acids is 2. The van der Waals surface area contributed by atoms with E-state index in [4.69, 9.17) is 83.5 Å². The molecule has 28 nitrogen and oxygen atoms in total. The molecule has 0 radical (unpaired) electrons. The molecule has 0 amide bonds. The highest BCUT2D eigenvalue weighted by atomic mass is 32.2. The number of hydrogen-bond acceptors (Lipinski definition) is 27. The number of nitrogens with two attached hydrogens (primary N) is 2. The number of carboxylic acids is 2. The Morgan fingerprint density at radius 3 is 1.66 bits per heavy atom. The Morgan fingerprint density at radius 2 is 1.16 bits per heavy atom. The van der Waals surface area contributed by atoms with E-state index < -0.39 is 18.1 Å². The summed E-state index contributed by atoms with van der Waals surface area (Å²) >= 11 is 16.4. The van der Waals surface area contributed by atoms with Crippen molar-refractivity contribution in [1.29, 1.82) is 5.41 Å². The lowest BCUT2D eigenvalue weighted by atomic mass is 9.90. The van der Waals surface area contributed by atoms with Crippen LogP contribution in [-0.2, 0) is 0 Å². The van der Waals surface area contributed by atoms with E-state index in [0.29, 0.717) is 145 Å². The lowest BCUT2D eigenvalue weighted by Gasteiger charge is -2.31. The van der Waals surface area contributed by atoms with Crippen LogP contribution < -0.4 is 51.9 Å². The van der Waals surface area contributed by atoms with Crippen molar-refractivity contribution >= 4 is 138 Å². The van der Waals surface area contributed by atoms with Crippen LogP contribution in [0.2, 0.25) is 0 Å². The van der Waals surface area contributed by atoms with Gasteiger partial charge in [-0.3, -0.25) is 19.6 Å². The van der Waals surface area contributed by atoms with Crippen molar-refractivity contribution in [3.63, 3.8) is 0 Å². The van der Waals surface area contributed by atoms with Gasteiger partial charge in [0.05, 0.1) is 17.4 Å². The number of carbonyl (C=O) groups is 2. The number of thiocarbonyl (C=S) groups is 2. The standard InChI is InChI=1S/C44H38N6O8S2.C43H39N7O7S3/c1-23(2)49(43(59)47-24-6-9-27(30(17-24)42(53)54)39-28-10-7-25(51)18-34(28)58-35-19-26(52)8-11-29(35)39)14-4-15-50-32-12-13-46-41(45)40(32)48-44(50)60-38-21-37-36(56-22-57-37)20-31(38)33-5-3-16-55-33;1-23(2)49(13-3-14-50-33(10-11-44)32(21-45)48-43(50)60-38-20-37-36(55-22-56-37)19-31(38)40-46-12-15-59-40)42(58)47-24-4-7-27(30(16-24)41(53)54)39-28-8-5-25(51)17-34(28)57-35-18-26(52)6-9-29(35)39/h3,5-13,16-21,23,40-41,51H,4,14-15,22,45H2,1-2H3,(H,47,59)(H,53,54);4-12,15-20,23,32,44,51H,3,13-14,21-22,45H2,1-2H3,(H,47,58)(H,53,54)/b;33-10+,44-11?. The van der Waals surface area contributed by atoms with Crippen LogP contribution in [0.3, 0.4) is 0 Å². The van der Waals surface area contributed by atoms with Gasteiger partial charge in [0.15, 0.2) is 54.4 Å². The minimum absolute atomic E-state index is 0.00381.